The zero-order chi connectivity index (χ0) is 15.6. The highest BCUT2D eigenvalue weighted by molar-refractivity contribution is 6.01. The molecule has 0 aromatic heterocycles. The Labute approximate surface area is 136 Å². The molecule has 114 valence electrons. The van der Waals surface area contributed by atoms with E-state index >= 15 is 0 Å². The third kappa shape index (κ3) is 2.55. The van der Waals surface area contributed by atoms with Crippen LogP contribution in [-0.4, -0.2) is 12.5 Å². The number of hydrogen-bond donors (Lipinski definition) is 1. The molecule has 3 aromatic carbocycles. The molecule has 4 rings (SSSR count). The smallest absolute Gasteiger partial charge is 0.201 e. The molecule has 0 amide bonds. The van der Waals surface area contributed by atoms with Gasteiger partial charge in [-0.3, -0.25) is 0 Å². The van der Waals surface area contributed by atoms with Crippen molar-refractivity contribution in [2.75, 3.05) is 11.4 Å². The fourth-order valence-electron chi connectivity index (χ4n) is 3.26. The van der Waals surface area contributed by atoms with Crippen molar-refractivity contribution in [2.24, 2.45) is 10.7 Å². The second kappa shape index (κ2) is 5.76. The zero-order valence-electron chi connectivity index (χ0n) is 12.9. The lowest BCUT2D eigenvalue weighted by Gasteiger charge is -2.30. The number of hydrogen-bond acceptors (Lipinski definition) is 1. The zero-order valence-corrected chi connectivity index (χ0v) is 12.9. The summed E-state index contributed by atoms with van der Waals surface area (Å²) in [5.74, 6) is 0.563. The minimum atomic E-state index is 0.563. The number of guanidine groups is 1. The molecule has 0 aliphatic carbocycles. The summed E-state index contributed by atoms with van der Waals surface area (Å²) in [6, 6.07) is 22.8. The van der Waals surface area contributed by atoms with Crippen molar-refractivity contribution in [1.29, 1.82) is 0 Å². The first-order chi connectivity index (χ1) is 11.3. The van der Waals surface area contributed by atoms with Crippen molar-refractivity contribution >= 4 is 28.1 Å². The molecular weight excluding hydrogens is 282 g/mol. The standard InChI is InChI=1S/C20H19N3/c21-20(23-14-6-10-16-8-2-4-13-19(16)23)22-18-12-5-9-15-7-1-3-11-17(15)18/h1-5,7-9,11-13H,6,10,14H2,(H2,21,22). The van der Waals surface area contributed by atoms with Gasteiger partial charge in [-0.05, 0) is 35.9 Å². The SMILES string of the molecule is NC(=Nc1cccc2ccccc12)N1CCCc2ccccc21. The molecule has 1 aliphatic rings. The van der Waals surface area contributed by atoms with Gasteiger partial charge >= 0.3 is 0 Å². The quantitative estimate of drug-likeness (QED) is 0.539. The second-order valence-electron chi connectivity index (χ2n) is 5.85. The van der Waals surface area contributed by atoms with Gasteiger partial charge in [0.25, 0.3) is 0 Å². The van der Waals surface area contributed by atoms with Crippen LogP contribution in [0, 0.1) is 0 Å². The van der Waals surface area contributed by atoms with Crippen LogP contribution in [0.5, 0.6) is 0 Å². The van der Waals surface area contributed by atoms with Gasteiger partial charge < -0.3 is 10.6 Å². The Kier molecular flexibility index (Phi) is 3.46. The summed E-state index contributed by atoms with van der Waals surface area (Å²) < 4.78 is 0. The Morgan fingerprint density at radius 2 is 1.70 bits per heavy atom. The topological polar surface area (TPSA) is 41.6 Å². The molecule has 23 heavy (non-hydrogen) atoms. The van der Waals surface area contributed by atoms with Crippen molar-refractivity contribution in [2.45, 2.75) is 12.8 Å². The van der Waals surface area contributed by atoms with Gasteiger partial charge in [0.05, 0.1) is 5.69 Å². The van der Waals surface area contributed by atoms with E-state index in [0.29, 0.717) is 5.96 Å². The molecule has 0 unspecified atom stereocenters. The second-order valence-corrected chi connectivity index (χ2v) is 5.85. The average molecular weight is 301 g/mol. The van der Waals surface area contributed by atoms with E-state index < -0.39 is 0 Å². The lowest BCUT2D eigenvalue weighted by molar-refractivity contribution is 0.775. The van der Waals surface area contributed by atoms with Crippen LogP contribution in [-0.2, 0) is 6.42 Å². The van der Waals surface area contributed by atoms with E-state index in [1.807, 2.05) is 24.3 Å². The van der Waals surface area contributed by atoms with Gasteiger partial charge in [0.2, 0.25) is 5.96 Å². The first-order valence-corrected chi connectivity index (χ1v) is 8.00. The largest absolute Gasteiger partial charge is 0.369 e. The normalized spacial score (nSPS) is 14.8. The van der Waals surface area contributed by atoms with Crippen LogP contribution in [0.25, 0.3) is 10.8 Å². The molecule has 1 heterocycles. The van der Waals surface area contributed by atoms with Crippen LogP contribution >= 0.6 is 0 Å². The summed E-state index contributed by atoms with van der Waals surface area (Å²) in [4.78, 5) is 6.86. The molecule has 0 spiro atoms. The van der Waals surface area contributed by atoms with Gasteiger partial charge in [0, 0.05) is 17.6 Å². The predicted molar refractivity (Wildman–Crippen MR) is 97.3 cm³/mol. The number of nitrogens with zero attached hydrogens (tertiary/aromatic N) is 2. The van der Waals surface area contributed by atoms with Crippen LogP contribution in [0.1, 0.15) is 12.0 Å². The maximum atomic E-state index is 6.36. The Bertz CT molecular complexity index is 877. The molecular formula is C20H19N3. The predicted octanol–water partition coefficient (Wildman–Crippen LogP) is 4.24. The molecule has 3 heteroatoms. The van der Waals surface area contributed by atoms with Crippen LogP contribution in [0.4, 0.5) is 11.4 Å². The number of aryl methyl sites for hydroxylation is 1. The molecule has 0 fully saturated rings. The highest BCUT2D eigenvalue weighted by atomic mass is 15.3. The lowest BCUT2D eigenvalue weighted by Crippen LogP contribution is -2.40. The van der Waals surface area contributed by atoms with Gasteiger partial charge in [0.15, 0.2) is 0 Å². The molecule has 1 aliphatic heterocycles. The van der Waals surface area contributed by atoms with E-state index in [1.54, 1.807) is 0 Å². The van der Waals surface area contributed by atoms with Crippen LogP contribution < -0.4 is 10.6 Å². The van der Waals surface area contributed by atoms with E-state index in [9.17, 15) is 0 Å². The van der Waals surface area contributed by atoms with Crippen LogP contribution in [0.15, 0.2) is 71.7 Å². The Hall–Kier alpha value is -2.81. The molecule has 0 saturated carbocycles. The molecule has 0 radical (unpaired) electrons. The summed E-state index contributed by atoms with van der Waals surface area (Å²) in [5, 5.41) is 2.31. The van der Waals surface area contributed by atoms with Crippen molar-refractivity contribution in [1.82, 2.24) is 0 Å². The number of rotatable bonds is 1. The van der Waals surface area contributed by atoms with Gasteiger partial charge in [-0.1, -0.05) is 54.6 Å². The van der Waals surface area contributed by atoms with E-state index in [4.69, 9.17) is 10.7 Å². The Morgan fingerprint density at radius 1 is 0.913 bits per heavy atom. The van der Waals surface area contributed by atoms with E-state index in [0.717, 1.165) is 30.5 Å². The van der Waals surface area contributed by atoms with Crippen molar-refractivity contribution < 1.29 is 0 Å². The maximum absolute atomic E-state index is 6.36. The Balaban J connectivity index is 1.77. The minimum absolute atomic E-state index is 0.563. The molecule has 0 atom stereocenters. The third-order valence-electron chi connectivity index (χ3n) is 4.39. The van der Waals surface area contributed by atoms with E-state index in [-0.39, 0.29) is 0 Å². The fourth-order valence-corrected chi connectivity index (χ4v) is 3.26. The Morgan fingerprint density at radius 3 is 2.65 bits per heavy atom. The average Bonchev–Trinajstić information content (AvgIpc) is 2.61. The summed E-state index contributed by atoms with van der Waals surface area (Å²) in [7, 11) is 0. The van der Waals surface area contributed by atoms with Gasteiger partial charge in [-0.25, -0.2) is 4.99 Å². The number of para-hydroxylation sites is 1. The van der Waals surface area contributed by atoms with E-state index in [2.05, 4.69) is 47.4 Å². The molecule has 0 saturated heterocycles. The number of anilines is 1. The summed E-state index contributed by atoms with van der Waals surface area (Å²) >= 11 is 0. The molecule has 3 aromatic rings. The van der Waals surface area contributed by atoms with Crippen molar-refractivity contribution in [3.63, 3.8) is 0 Å². The fraction of sp³-hybridized carbons (Fsp3) is 0.150. The van der Waals surface area contributed by atoms with Gasteiger partial charge in [-0.2, -0.15) is 0 Å². The summed E-state index contributed by atoms with van der Waals surface area (Å²) in [6.07, 6.45) is 2.21. The number of aliphatic imine (C=N–C) groups is 1. The van der Waals surface area contributed by atoms with E-state index in [1.165, 1.54) is 16.6 Å². The first kappa shape index (κ1) is 13.8. The van der Waals surface area contributed by atoms with Gasteiger partial charge in [-0.15, -0.1) is 0 Å². The van der Waals surface area contributed by atoms with Crippen LogP contribution in [0.2, 0.25) is 0 Å². The minimum Gasteiger partial charge on any atom is -0.369 e. The molecule has 3 nitrogen and oxygen atoms in total. The van der Waals surface area contributed by atoms with Crippen LogP contribution in [0.3, 0.4) is 0 Å². The first-order valence-electron chi connectivity index (χ1n) is 8.00. The highest BCUT2D eigenvalue weighted by Gasteiger charge is 2.19. The number of nitrogens with two attached hydrogens (primary N) is 1. The lowest BCUT2D eigenvalue weighted by atomic mass is 10.0. The van der Waals surface area contributed by atoms with Crippen molar-refractivity contribution in [3.8, 4) is 0 Å². The third-order valence-corrected chi connectivity index (χ3v) is 4.39. The molecule has 0 bridgehead atoms. The highest BCUT2D eigenvalue weighted by Crippen LogP contribution is 2.29. The van der Waals surface area contributed by atoms with Crippen molar-refractivity contribution in [3.05, 3.63) is 72.3 Å². The monoisotopic (exact) mass is 301 g/mol. The molecule has 2 N–H and O–H groups in total. The summed E-state index contributed by atoms with van der Waals surface area (Å²) in [5.41, 5.74) is 9.81. The maximum Gasteiger partial charge on any atom is 0.201 e. The summed E-state index contributed by atoms with van der Waals surface area (Å²) in [6.45, 7) is 0.914. The number of fused-ring (bicyclic) bond motifs is 2. The van der Waals surface area contributed by atoms with Gasteiger partial charge in [0.1, 0.15) is 0 Å². The number of benzene rings is 3.